The van der Waals surface area contributed by atoms with Gasteiger partial charge in [0, 0.05) is 37.6 Å². The van der Waals surface area contributed by atoms with Gasteiger partial charge >= 0.3 is 7.12 Å². The Labute approximate surface area is 193 Å². The van der Waals surface area contributed by atoms with Crippen LogP contribution >= 0.6 is 0 Å². The molecule has 0 aliphatic carbocycles. The van der Waals surface area contributed by atoms with Crippen LogP contribution in [0.15, 0.2) is 48.5 Å². The molecule has 1 N–H and O–H groups in total. The number of hydrogen-bond acceptors (Lipinski definition) is 5. The van der Waals surface area contributed by atoms with Crippen molar-refractivity contribution in [1.29, 1.82) is 0 Å². The maximum atomic E-state index is 10.3. The lowest BCUT2D eigenvalue weighted by Gasteiger charge is -2.37. The molecule has 2 saturated heterocycles. The summed E-state index contributed by atoms with van der Waals surface area (Å²) in [6.45, 7) is 16.3. The lowest BCUT2D eigenvalue weighted by molar-refractivity contribution is 0.00578. The number of aliphatic hydroxyl groups is 1. The summed E-state index contributed by atoms with van der Waals surface area (Å²) in [7, 11) is -0.317. The number of anilines is 2. The van der Waals surface area contributed by atoms with E-state index in [1.54, 1.807) is 0 Å². The molecule has 0 saturated carbocycles. The van der Waals surface area contributed by atoms with Gasteiger partial charge < -0.3 is 24.2 Å². The SMILES string of the molecule is CC(C)C(O)c1ccc(N2CCN(c3ccc(B4OC(C)(C)C(C)(C)O4)cc3)CC2)cc1. The minimum atomic E-state index is -0.402. The number of aliphatic hydroxyl groups excluding tert-OH is 1. The molecule has 0 spiro atoms. The summed E-state index contributed by atoms with van der Waals surface area (Å²) in [6.07, 6.45) is -0.402. The predicted molar refractivity (Wildman–Crippen MR) is 133 cm³/mol. The van der Waals surface area contributed by atoms with E-state index in [4.69, 9.17) is 9.31 Å². The second-order valence-electron chi connectivity index (χ2n) is 10.4. The summed E-state index contributed by atoms with van der Waals surface area (Å²) in [5, 5.41) is 10.3. The summed E-state index contributed by atoms with van der Waals surface area (Å²) >= 11 is 0. The van der Waals surface area contributed by atoms with Crippen LogP contribution in [-0.4, -0.2) is 49.6 Å². The molecule has 2 aromatic rings. The van der Waals surface area contributed by atoms with Crippen LogP contribution in [0.5, 0.6) is 0 Å². The molecule has 2 aliphatic rings. The lowest BCUT2D eigenvalue weighted by atomic mass is 9.79. The highest BCUT2D eigenvalue weighted by Gasteiger charge is 2.51. The fourth-order valence-corrected chi connectivity index (χ4v) is 4.31. The highest BCUT2D eigenvalue weighted by Crippen LogP contribution is 2.36. The maximum absolute atomic E-state index is 10.3. The average Bonchev–Trinajstić information content (AvgIpc) is 3.00. The summed E-state index contributed by atoms with van der Waals surface area (Å²) in [5.74, 6) is 0.223. The number of rotatable bonds is 5. The van der Waals surface area contributed by atoms with Crippen molar-refractivity contribution >= 4 is 24.0 Å². The first-order valence-electron chi connectivity index (χ1n) is 11.8. The van der Waals surface area contributed by atoms with Gasteiger partial charge in [-0.2, -0.15) is 0 Å². The number of hydrogen-bond donors (Lipinski definition) is 1. The van der Waals surface area contributed by atoms with Gasteiger partial charge in [0.15, 0.2) is 0 Å². The molecule has 2 heterocycles. The Balaban J connectivity index is 1.35. The molecule has 1 atom stereocenters. The molecule has 32 heavy (non-hydrogen) atoms. The zero-order chi connectivity index (χ0) is 23.1. The highest BCUT2D eigenvalue weighted by atomic mass is 16.7. The fourth-order valence-electron chi connectivity index (χ4n) is 4.31. The molecular formula is C26H37BN2O3. The molecule has 2 fully saturated rings. The first kappa shape index (κ1) is 23.2. The van der Waals surface area contributed by atoms with Crippen molar-refractivity contribution in [3.05, 3.63) is 54.1 Å². The molecule has 0 amide bonds. The Hall–Kier alpha value is -2.02. The van der Waals surface area contributed by atoms with Gasteiger partial charge in [0.2, 0.25) is 0 Å². The molecular weight excluding hydrogens is 399 g/mol. The van der Waals surface area contributed by atoms with Crippen molar-refractivity contribution in [2.45, 2.75) is 58.8 Å². The van der Waals surface area contributed by atoms with E-state index in [0.717, 1.165) is 37.2 Å². The molecule has 1 unspecified atom stereocenters. The Morgan fingerprint density at radius 2 is 1.16 bits per heavy atom. The van der Waals surface area contributed by atoms with Crippen LogP contribution in [-0.2, 0) is 9.31 Å². The van der Waals surface area contributed by atoms with E-state index in [0.29, 0.717) is 0 Å². The smallest absolute Gasteiger partial charge is 0.399 e. The zero-order valence-corrected chi connectivity index (χ0v) is 20.3. The third-order valence-electron chi connectivity index (χ3n) is 7.29. The Bertz CT molecular complexity index is 888. The third kappa shape index (κ3) is 4.54. The van der Waals surface area contributed by atoms with Crippen LogP contribution in [0.2, 0.25) is 0 Å². The van der Waals surface area contributed by atoms with Crippen molar-refractivity contribution in [2.75, 3.05) is 36.0 Å². The van der Waals surface area contributed by atoms with Gasteiger partial charge in [-0.25, -0.2) is 0 Å². The normalized spacial score (nSPS) is 21.3. The number of benzene rings is 2. The summed E-state index contributed by atoms with van der Waals surface area (Å²) < 4.78 is 12.4. The van der Waals surface area contributed by atoms with E-state index >= 15 is 0 Å². The van der Waals surface area contributed by atoms with Crippen LogP contribution < -0.4 is 15.3 Å². The van der Waals surface area contributed by atoms with E-state index < -0.39 is 6.10 Å². The van der Waals surface area contributed by atoms with Gasteiger partial charge in [0.05, 0.1) is 17.3 Å². The monoisotopic (exact) mass is 436 g/mol. The maximum Gasteiger partial charge on any atom is 0.494 e. The molecule has 2 aromatic carbocycles. The predicted octanol–water partition coefficient (Wildman–Crippen LogP) is 4.00. The van der Waals surface area contributed by atoms with Crippen LogP contribution in [0.4, 0.5) is 11.4 Å². The lowest BCUT2D eigenvalue weighted by Crippen LogP contribution is -2.46. The molecule has 0 aromatic heterocycles. The van der Waals surface area contributed by atoms with Crippen molar-refractivity contribution in [2.24, 2.45) is 5.92 Å². The van der Waals surface area contributed by atoms with Crippen LogP contribution in [0.1, 0.15) is 53.2 Å². The summed E-state index contributed by atoms with van der Waals surface area (Å²) in [4.78, 5) is 4.85. The fraction of sp³-hybridized carbons (Fsp3) is 0.538. The van der Waals surface area contributed by atoms with Crippen LogP contribution in [0.25, 0.3) is 0 Å². The second kappa shape index (κ2) is 8.73. The van der Waals surface area contributed by atoms with E-state index in [9.17, 15) is 5.11 Å². The highest BCUT2D eigenvalue weighted by molar-refractivity contribution is 6.62. The van der Waals surface area contributed by atoms with Crippen LogP contribution in [0, 0.1) is 5.92 Å². The second-order valence-corrected chi connectivity index (χ2v) is 10.4. The van der Waals surface area contributed by atoms with Crippen molar-refractivity contribution in [3.63, 3.8) is 0 Å². The standard InChI is InChI=1S/C26H37BN2O3/c1-19(2)24(30)20-7-11-22(12-8-20)28-15-17-29(18-16-28)23-13-9-21(10-14-23)27-31-25(3,4)26(5,6)32-27/h7-14,19,24,30H,15-18H2,1-6H3. The Kier molecular flexibility index (Phi) is 6.32. The summed E-state index contributed by atoms with van der Waals surface area (Å²) in [5.41, 5.74) is 3.87. The first-order valence-corrected chi connectivity index (χ1v) is 11.8. The Morgan fingerprint density at radius 3 is 1.56 bits per heavy atom. The molecule has 172 valence electrons. The molecule has 6 heteroatoms. The van der Waals surface area contributed by atoms with Gasteiger partial charge in [0.1, 0.15) is 0 Å². The van der Waals surface area contributed by atoms with Gasteiger partial charge in [-0.3, -0.25) is 0 Å². The van der Waals surface area contributed by atoms with E-state index in [1.807, 2.05) is 13.8 Å². The minimum absolute atomic E-state index is 0.223. The molecule has 0 bridgehead atoms. The van der Waals surface area contributed by atoms with Gasteiger partial charge in [-0.15, -0.1) is 0 Å². The molecule has 2 aliphatic heterocycles. The quantitative estimate of drug-likeness (QED) is 0.718. The average molecular weight is 436 g/mol. The van der Waals surface area contributed by atoms with Gasteiger partial charge in [0.25, 0.3) is 0 Å². The molecule has 5 nitrogen and oxygen atoms in total. The van der Waals surface area contributed by atoms with Crippen molar-refractivity contribution in [1.82, 2.24) is 0 Å². The number of piperazine rings is 1. The van der Waals surface area contributed by atoms with Gasteiger partial charge in [-0.1, -0.05) is 38.1 Å². The summed E-state index contributed by atoms with van der Waals surface area (Å²) in [6, 6.07) is 17.0. The van der Waals surface area contributed by atoms with E-state index in [2.05, 4.69) is 86.0 Å². The zero-order valence-electron chi connectivity index (χ0n) is 20.3. The topological polar surface area (TPSA) is 45.2 Å². The minimum Gasteiger partial charge on any atom is -0.399 e. The van der Waals surface area contributed by atoms with Crippen molar-refractivity contribution < 1.29 is 14.4 Å². The third-order valence-corrected chi connectivity index (χ3v) is 7.29. The molecule has 4 rings (SSSR count). The number of nitrogens with zero attached hydrogens (tertiary/aromatic N) is 2. The molecule has 0 radical (unpaired) electrons. The first-order chi connectivity index (χ1) is 15.1. The largest absolute Gasteiger partial charge is 0.494 e. The Morgan fingerprint density at radius 1 is 0.750 bits per heavy atom. The van der Waals surface area contributed by atoms with E-state index in [1.165, 1.54) is 11.4 Å². The van der Waals surface area contributed by atoms with Gasteiger partial charge in [-0.05, 0) is 68.9 Å². The van der Waals surface area contributed by atoms with Crippen molar-refractivity contribution in [3.8, 4) is 0 Å². The van der Waals surface area contributed by atoms with E-state index in [-0.39, 0.29) is 24.2 Å². The van der Waals surface area contributed by atoms with Crippen LogP contribution in [0.3, 0.4) is 0 Å².